The van der Waals surface area contributed by atoms with Gasteiger partial charge < -0.3 is 0 Å². The first-order chi connectivity index (χ1) is 24.3. The van der Waals surface area contributed by atoms with Crippen molar-refractivity contribution in [1.82, 2.24) is 28.6 Å². The number of pyridine rings is 2. The summed E-state index contributed by atoms with van der Waals surface area (Å²) in [5.41, 5.74) is 2.51. The number of halogens is 12. The van der Waals surface area contributed by atoms with E-state index in [4.69, 9.17) is 10.5 Å². The van der Waals surface area contributed by atoms with Crippen LogP contribution in [-0.4, -0.2) is 81.0 Å². The Morgan fingerprint density at radius 3 is 0.732 bits per heavy atom. The minimum atomic E-state index is -10.7. The van der Waals surface area contributed by atoms with Crippen LogP contribution in [0.2, 0.25) is 0 Å². The molecule has 2 radical (unpaired) electrons. The molecule has 0 bridgehead atoms. The largest absolute Gasteiger partial charge is 2.00 e. The fraction of sp³-hybridized carbons (Fsp3) is 0.600. The van der Waals surface area contributed by atoms with Crippen LogP contribution in [0.3, 0.4) is 0 Å². The zero-order valence-electron chi connectivity index (χ0n) is 32.9. The molecule has 2 heterocycles. The molecule has 2 rings (SSSR count). The van der Waals surface area contributed by atoms with Crippen molar-refractivity contribution in [3.05, 3.63) is 48.8 Å². The third-order valence-corrected chi connectivity index (χ3v) is 12.5. The molecule has 338 valence electrons. The topological polar surface area (TPSA) is 86.3 Å². The molecule has 0 spiro atoms. The van der Waals surface area contributed by atoms with Crippen molar-refractivity contribution in [3.8, 4) is 12.1 Å². The summed E-state index contributed by atoms with van der Waals surface area (Å²) in [7, 11) is -23.0. The average molecular weight is 1010 g/mol. The van der Waals surface area contributed by atoms with E-state index in [0.717, 1.165) is 52.4 Å². The number of rotatable bonds is 14. The number of nitrogens with zero attached hydrogens (tertiary/aromatic N) is 8. The molecule has 2 aromatic rings. The molecule has 0 atom stereocenters. The van der Waals surface area contributed by atoms with Gasteiger partial charge in [0.2, 0.25) is 10.9 Å². The Balaban J connectivity index is -0.000000149. The summed E-state index contributed by atoms with van der Waals surface area (Å²) in [6.45, 7) is 29.5. The van der Waals surface area contributed by atoms with Gasteiger partial charge in [0.15, 0.2) is 16.4 Å². The monoisotopic (exact) mass is 1010 g/mol. The Kier molecular flexibility index (Phi) is 34.0. The van der Waals surface area contributed by atoms with E-state index in [1.165, 1.54) is 24.7 Å². The van der Waals surface area contributed by atoms with Gasteiger partial charge in [-0.1, -0.05) is 12.1 Å². The molecule has 56 heavy (non-hydrogen) atoms. The van der Waals surface area contributed by atoms with Gasteiger partial charge in [-0.25, -0.2) is 9.97 Å². The molecule has 26 heteroatoms. The molecule has 0 aliphatic carbocycles. The second-order valence-corrected chi connectivity index (χ2v) is 18.8. The molecule has 0 saturated carbocycles. The molecular formula is C30H56Cu2F12N8P4+4. The SMILES string of the molecule is CC#N.CC#N.CCN(CC)[PH+](c1ccccn1)N(CC)CC.CCN(CC)[PH+](c1ccccn1)N(CC)CC.F[P-](F)(F)(F)(F)F.F[P-](F)(F)(F)(F)F.[Cu+2].[Cu+2]. The fourth-order valence-corrected chi connectivity index (χ4v) is 9.49. The smallest absolute Gasteiger partial charge is 2.00 e. The van der Waals surface area contributed by atoms with Gasteiger partial charge in [-0.15, -0.1) is 0 Å². The maximum atomic E-state index is 9.87. The molecule has 0 aromatic carbocycles. The maximum Gasteiger partial charge on any atom is 2.00 e. The third kappa shape index (κ3) is 47.4. The van der Waals surface area contributed by atoms with E-state index >= 15 is 0 Å². The second-order valence-electron chi connectivity index (χ2n) is 10.1. The third-order valence-electron chi connectivity index (χ3n) is 6.04. The van der Waals surface area contributed by atoms with Crippen molar-refractivity contribution in [2.75, 3.05) is 52.4 Å². The summed E-state index contributed by atoms with van der Waals surface area (Å²) in [4.78, 5) is 9.15. The molecule has 0 aliphatic heterocycles. The molecule has 0 aliphatic rings. The molecule has 0 unspecified atom stereocenters. The summed E-state index contributed by atoms with van der Waals surface area (Å²) in [6, 6.07) is 16.0. The van der Waals surface area contributed by atoms with Gasteiger partial charge in [-0.05, 0) is 67.5 Å². The first-order valence-electron chi connectivity index (χ1n) is 16.6. The van der Waals surface area contributed by atoms with E-state index in [1.54, 1.807) is 12.1 Å². The molecular weight excluding hydrogens is 951 g/mol. The van der Waals surface area contributed by atoms with E-state index in [2.05, 4.69) is 108 Å². The van der Waals surface area contributed by atoms with Crippen LogP contribution in [0.1, 0.15) is 69.2 Å². The van der Waals surface area contributed by atoms with Gasteiger partial charge >= 0.3 is 100 Å². The molecule has 0 N–H and O–H groups in total. The van der Waals surface area contributed by atoms with Crippen LogP contribution in [0, 0.1) is 22.7 Å². The first-order valence-corrected chi connectivity index (χ1v) is 23.4. The van der Waals surface area contributed by atoms with E-state index < -0.39 is 32.1 Å². The van der Waals surface area contributed by atoms with Crippen LogP contribution in [0.4, 0.5) is 50.4 Å². The first kappa shape index (κ1) is 66.8. The Hall–Kier alpha value is -0.961. The van der Waals surface area contributed by atoms with Crippen LogP contribution >= 0.6 is 32.1 Å². The Morgan fingerprint density at radius 1 is 0.464 bits per heavy atom. The molecule has 2 aromatic heterocycles. The van der Waals surface area contributed by atoms with Crippen molar-refractivity contribution in [3.63, 3.8) is 0 Å². The summed E-state index contributed by atoms with van der Waals surface area (Å²) in [5, 5.41) is 14.6. The molecule has 0 saturated heterocycles. The zero-order valence-corrected chi connectivity index (χ0v) is 38.6. The summed E-state index contributed by atoms with van der Waals surface area (Å²) in [6.07, 6.45) is 3.82. The van der Waals surface area contributed by atoms with Crippen molar-refractivity contribution < 1.29 is 84.5 Å². The van der Waals surface area contributed by atoms with Crippen LogP contribution in [0.15, 0.2) is 48.8 Å². The quantitative estimate of drug-likeness (QED) is 0.105. The number of hydrogen-bond donors (Lipinski definition) is 0. The second kappa shape index (κ2) is 28.5. The van der Waals surface area contributed by atoms with Gasteiger partial charge in [-0.3, -0.25) is 0 Å². The Labute approximate surface area is 347 Å². The summed E-state index contributed by atoms with van der Waals surface area (Å²) >= 11 is 0. The normalized spacial score (nSPS) is 13.2. The van der Waals surface area contributed by atoms with Crippen molar-refractivity contribution in [2.45, 2.75) is 69.2 Å². The van der Waals surface area contributed by atoms with E-state index in [9.17, 15) is 50.4 Å². The number of aromatic nitrogens is 2. The number of nitriles is 2. The predicted molar refractivity (Wildman–Crippen MR) is 206 cm³/mol. The van der Waals surface area contributed by atoms with Crippen molar-refractivity contribution >= 4 is 42.9 Å². The van der Waals surface area contributed by atoms with E-state index in [-0.39, 0.29) is 34.1 Å². The minimum absolute atomic E-state index is 0. The molecule has 8 nitrogen and oxygen atoms in total. The van der Waals surface area contributed by atoms with Crippen molar-refractivity contribution in [1.29, 1.82) is 10.5 Å². The van der Waals surface area contributed by atoms with Crippen LogP contribution < -0.4 is 10.9 Å². The molecule has 0 fully saturated rings. The minimum Gasteiger partial charge on any atom is 2.00 e. The van der Waals surface area contributed by atoms with Gasteiger partial charge in [0.1, 0.15) is 0 Å². The Morgan fingerprint density at radius 2 is 0.625 bits per heavy atom. The number of hydrogen-bond acceptors (Lipinski definition) is 8. The van der Waals surface area contributed by atoms with Crippen LogP contribution in [0.25, 0.3) is 0 Å². The van der Waals surface area contributed by atoms with Gasteiger partial charge in [-0.2, -0.15) is 29.2 Å². The van der Waals surface area contributed by atoms with E-state index in [0.29, 0.717) is 0 Å². The van der Waals surface area contributed by atoms with Crippen molar-refractivity contribution in [2.24, 2.45) is 0 Å². The van der Waals surface area contributed by atoms with Crippen LogP contribution in [0.5, 0.6) is 0 Å². The summed E-state index contributed by atoms with van der Waals surface area (Å²) in [5.74, 6) is 0. The molecule has 0 amide bonds. The fourth-order valence-electron chi connectivity index (χ4n) is 4.13. The predicted octanol–water partition coefficient (Wildman–Crippen LogP) is 12.7. The van der Waals surface area contributed by atoms with Gasteiger partial charge in [0.25, 0.3) is 0 Å². The standard InChI is InChI=1S/2C13H24N3P.2C2H3N.2Cu.2F6P/c2*1-5-15(6-2)17(16(7-3)8-4)13-11-9-10-12-14-13;2*1-2-3;;;2*1-7(2,3,4,5)6/h2*9-12H,5-8H2,1-4H3;2*1H3;;;;/q;;;;2*+2;2*-1/p+2. The van der Waals surface area contributed by atoms with Gasteiger partial charge in [0.05, 0.1) is 12.1 Å². The maximum absolute atomic E-state index is 10.7. The van der Waals surface area contributed by atoms with Gasteiger partial charge in [0, 0.05) is 90.7 Å². The summed E-state index contributed by atoms with van der Waals surface area (Å²) < 4.78 is 129. The average Bonchev–Trinajstić information content (AvgIpc) is 3.04. The zero-order chi connectivity index (χ0) is 43.6. The van der Waals surface area contributed by atoms with E-state index in [1.807, 2.05) is 24.5 Å². The Bertz CT molecular complexity index is 1180. The van der Waals surface area contributed by atoms with Crippen LogP contribution in [-0.2, 0) is 34.1 Å².